The Kier molecular flexibility index (Phi) is 5.84. The number of nitrogens with one attached hydrogen (secondary N) is 2. The molecule has 1 fully saturated rings. The molecule has 138 valence electrons. The van der Waals surface area contributed by atoms with Crippen LogP contribution in [0.25, 0.3) is 11.1 Å². The summed E-state index contributed by atoms with van der Waals surface area (Å²) < 4.78 is 0. The zero-order valence-corrected chi connectivity index (χ0v) is 14.8. The van der Waals surface area contributed by atoms with Crippen molar-refractivity contribution in [3.8, 4) is 17.2 Å². The number of hydrogen-bond donors (Lipinski definition) is 3. The summed E-state index contributed by atoms with van der Waals surface area (Å²) in [6.07, 6.45) is 1.87. The van der Waals surface area contributed by atoms with Gasteiger partial charge in [-0.15, -0.1) is 0 Å². The Labute approximate surface area is 157 Å². The zero-order chi connectivity index (χ0) is 19.2. The molecule has 2 aromatic rings. The summed E-state index contributed by atoms with van der Waals surface area (Å²) in [6, 6.07) is 15.6. The Balaban J connectivity index is 1.68. The van der Waals surface area contributed by atoms with Crippen molar-refractivity contribution in [2.24, 2.45) is 0 Å². The fourth-order valence-electron chi connectivity index (χ4n) is 3.22. The maximum Gasteiger partial charge on any atom is 0.326 e. The smallest absolute Gasteiger partial charge is 0.326 e. The Morgan fingerprint density at radius 2 is 2.00 bits per heavy atom. The third kappa shape index (κ3) is 4.72. The van der Waals surface area contributed by atoms with Gasteiger partial charge in [0.1, 0.15) is 6.04 Å². The molecule has 27 heavy (non-hydrogen) atoms. The highest BCUT2D eigenvalue weighted by molar-refractivity contribution is 5.87. The molecular weight excluding hydrogens is 342 g/mol. The minimum absolute atomic E-state index is 0.215. The number of carbonyl (C=O) groups excluding carboxylic acids is 1. The van der Waals surface area contributed by atoms with Crippen LogP contribution >= 0.6 is 0 Å². The molecule has 6 nitrogen and oxygen atoms in total. The SMILES string of the molecule is N#Cc1cccc(-c2ccc(C[C@H](NC(=O)[C@@H]3CCCN3)C(=O)O)cc2)c1. The number of amides is 1. The highest BCUT2D eigenvalue weighted by atomic mass is 16.4. The highest BCUT2D eigenvalue weighted by Gasteiger charge is 2.27. The lowest BCUT2D eigenvalue weighted by Crippen LogP contribution is -2.49. The molecule has 0 aromatic heterocycles. The molecule has 2 atom stereocenters. The number of rotatable bonds is 6. The standard InChI is InChI=1S/C21H21N3O3/c22-13-15-3-1-4-17(11-15)16-8-6-14(7-9-16)12-19(21(26)27)24-20(25)18-5-2-10-23-18/h1,3-4,6-9,11,18-19,23H,2,5,10,12H2,(H,24,25)(H,26,27)/t18-,19-/m0/s1. The molecule has 6 heteroatoms. The van der Waals surface area contributed by atoms with E-state index in [4.69, 9.17) is 5.26 Å². The minimum Gasteiger partial charge on any atom is -0.480 e. The summed E-state index contributed by atoms with van der Waals surface area (Å²) >= 11 is 0. The number of carboxylic acids is 1. The molecule has 0 aliphatic carbocycles. The van der Waals surface area contributed by atoms with E-state index in [9.17, 15) is 14.7 Å². The monoisotopic (exact) mass is 363 g/mol. The highest BCUT2D eigenvalue weighted by Crippen LogP contribution is 2.21. The normalized spacial score (nSPS) is 17.1. The lowest BCUT2D eigenvalue weighted by Gasteiger charge is -2.18. The molecule has 0 unspecified atom stereocenters. The van der Waals surface area contributed by atoms with Crippen molar-refractivity contribution < 1.29 is 14.7 Å². The van der Waals surface area contributed by atoms with Crippen molar-refractivity contribution in [1.82, 2.24) is 10.6 Å². The van der Waals surface area contributed by atoms with Gasteiger partial charge in [-0.05, 0) is 48.2 Å². The minimum atomic E-state index is -1.05. The number of carboxylic acid groups (broad SMARTS) is 1. The van der Waals surface area contributed by atoms with Gasteiger partial charge in [0.05, 0.1) is 17.7 Å². The fourth-order valence-corrected chi connectivity index (χ4v) is 3.22. The maximum atomic E-state index is 12.2. The third-order valence-electron chi connectivity index (χ3n) is 4.71. The summed E-state index contributed by atoms with van der Waals surface area (Å²) in [7, 11) is 0. The van der Waals surface area contributed by atoms with Crippen molar-refractivity contribution in [2.45, 2.75) is 31.3 Å². The number of nitriles is 1. The van der Waals surface area contributed by atoms with Crippen molar-refractivity contribution >= 4 is 11.9 Å². The first kappa shape index (κ1) is 18.6. The molecule has 1 saturated heterocycles. The van der Waals surface area contributed by atoms with E-state index in [0.717, 1.165) is 36.1 Å². The fraction of sp³-hybridized carbons (Fsp3) is 0.286. The van der Waals surface area contributed by atoms with Crippen molar-refractivity contribution in [3.05, 3.63) is 59.7 Å². The van der Waals surface area contributed by atoms with Gasteiger partial charge in [-0.1, -0.05) is 36.4 Å². The van der Waals surface area contributed by atoms with E-state index >= 15 is 0 Å². The second kappa shape index (κ2) is 8.47. The van der Waals surface area contributed by atoms with Crippen LogP contribution in [-0.4, -0.2) is 35.6 Å². The lowest BCUT2D eigenvalue weighted by atomic mass is 9.99. The van der Waals surface area contributed by atoms with Crippen LogP contribution in [0.3, 0.4) is 0 Å². The molecule has 1 heterocycles. The Bertz CT molecular complexity index is 865. The van der Waals surface area contributed by atoms with Crippen LogP contribution in [0.2, 0.25) is 0 Å². The molecule has 0 bridgehead atoms. The maximum absolute atomic E-state index is 12.2. The molecule has 1 aliphatic rings. The van der Waals surface area contributed by atoms with E-state index in [1.54, 1.807) is 6.07 Å². The molecule has 2 aromatic carbocycles. The van der Waals surface area contributed by atoms with Crippen molar-refractivity contribution in [3.63, 3.8) is 0 Å². The molecule has 0 radical (unpaired) electrons. The second-order valence-corrected chi connectivity index (χ2v) is 6.64. The Morgan fingerprint density at radius 3 is 2.63 bits per heavy atom. The van der Waals surface area contributed by atoms with E-state index in [1.807, 2.05) is 42.5 Å². The van der Waals surface area contributed by atoms with Crippen LogP contribution in [0.15, 0.2) is 48.5 Å². The van der Waals surface area contributed by atoms with Gasteiger partial charge in [-0.3, -0.25) is 4.79 Å². The summed E-state index contributed by atoms with van der Waals surface area (Å²) in [4.78, 5) is 23.7. The molecule has 0 saturated carbocycles. The quantitative estimate of drug-likeness (QED) is 0.729. The number of hydrogen-bond acceptors (Lipinski definition) is 4. The first-order valence-electron chi connectivity index (χ1n) is 8.93. The van der Waals surface area contributed by atoms with Gasteiger partial charge in [-0.2, -0.15) is 5.26 Å². The van der Waals surface area contributed by atoms with E-state index in [2.05, 4.69) is 16.7 Å². The average Bonchev–Trinajstić information content (AvgIpc) is 3.23. The number of carbonyl (C=O) groups is 2. The summed E-state index contributed by atoms with van der Waals surface area (Å²) in [5.41, 5.74) is 3.28. The van der Waals surface area contributed by atoms with Crippen LogP contribution in [0.1, 0.15) is 24.0 Å². The molecule has 1 amide bonds. The Hall–Kier alpha value is -3.17. The van der Waals surface area contributed by atoms with E-state index < -0.39 is 12.0 Å². The van der Waals surface area contributed by atoms with E-state index in [-0.39, 0.29) is 18.4 Å². The van der Waals surface area contributed by atoms with Gasteiger partial charge < -0.3 is 15.7 Å². The topological polar surface area (TPSA) is 102 Å². The van der Waals surface area contributed by atoms with E-state index in [0.29, 0.717) is 5.56 Å². The van der Waals surface area contributed by atoms with Gasteiger partial charge in [0.15, 0.2) is 0 Å². The molecule has 3 N–H and O–H groups in total. The molecule has 0 spiro atoms. The summed E-state index contributed by atoms with van der Waals surface area (Å²) in [5, 5.41) is 24.2. The van der Waals surface area contributed by atoms with Crippen molar-refractivity contribution in [2.75, 3.05) is 6.54 Å². The van der Waals surface area contributed by atoms with Crippen LogP contribution in [-0.2, 0) is 16.0 Å². The molecule has 1 aliphatic heterocycles. The van der Waals surface area contributed by atoms with Gasteiger partial charge >= 0.3 is 5.97 Å². The van der Waals surface area contributed by atoms with Gasteiger partial charge in [0.25, 0.3) is 0 Å². The first-order valence-corrected chi connectivity index (χ1v) is 8.93. The number of nitrogens with zero attached hydrogens (tertiary/aromatic N) is 1. The largest absolute Gasteiger partial charge is 0.480 e. The summed E-state index contributed by atoms with van der Waals surface area (Å²) in [5.74, 6) is -1.31. The van der Waals surface area contributed by atoms with Crippen molar-refractivity contribution in [1.29, 1.82) is 5.26 Å². The number of aliphatic carboxylic acids is 1. The van der Waals surface area contributed by atoms with Crippen LogP contribution < -0.4 is 10.6 Å². The first-order chi connectivity index (χ1) is 13.1. The van der Waals surface area contributed by atoms with Gasteiger partial charge in [0, 0.05) is 6.42 Å². The van der Waals surface area contributed by atoms with Crippen LogP contribution in [0, 0.1) is 11.3 Å². The Morgan fingerprint density at radius 1 is 1.22 bits per heavy atom. The van der Waals surface area contributed by atoms with E-state index in [1.165, 1.54) is 0 Å². The zero-order valence-electron chi connectivity index (χ0n) is 14.8. The molecule has 3 rings (SSSR count). The molecular formula is C21H21N3O3. The predicted octanol–water partition coefficient (Wildman–Crippen LogP) is 2.09. The lowest BCUT2D eigenvalue weighted by molar-refractivity contribution is -0.142. The number of benzene rings is 2. The summed E-state index contributed by atoms with van der Waals surface area (Å²) in [6.45, 7) is 0.782. The second-order valence-electron chi connectivity index (χ2n) is 6.64. The average molecular weight is 363 g/mol. The predicted molar refractivity (Wildman–Crippen MR) is 101 cm³/mol. The third-order valence-corrected chi connectivity index (χ3v) is 4.71. The van der Waals surface area contributed by atoms with Crippen LogP contribution in [0.4, 0.5) is 0 Å². The van der Waals surface area contributed by atoms with Crippen LogP contribution in [0.5, 0.6) is 0 Å². The van der Waals surface area contributed by atoms with Gasteiger partial charge in [-0.25, -0.2) is 4.79 Å². The van der Waals surface area contributed by atoms with Gasteiger partial charge in [0.2, 0.25) is 5.91 Å².